The molecule has 1 rings (SSSR count). The van der Waals surface area contributed by atoms with Gasteiger partial charge >= 0.3 is 12.0 Å². The number of nitrogens with one attached hydrogen (secondary N) is 1. The largest absolute Gasteiger partial charge is 0.465 e. The lowest BCUT2D eigenvalue weighted by Crippen LogP contribution is -2.44. The second kappa shape index (κ2) is 5.58. The summed E-state index contributed by atoms with van der Waals surface area (Å²) in [5.74, 6) is -0.337. The highest BCUT2D eigenvalue weighted by Crippen LogP contribution is 2.26. The maximum atomic E-state index is 11.6. The number of hydrogen-bond acceptors (Lipinski definition) is 3. The number of carbonyl (C=O) groups is 2. The van der Waals surface area contributed by atoms with Crippen molar-refractivity contribution in [3.63, 3.8) is 0 Å². The van der Waals surface area contributed by atoms with Gasteiger partial charge in [-0.1, -0.05) is 0 Å². The molecule has 86 valence electrons. The van der Waals surface area contributed by atoms with Crippen LogP contribution in [-0.4, -0.2) is 42.6 Å². The van der Waals surface area contributed by atoms with E-state index in [9.17, 15) is 9.59 Å². The molecule has 0 aromatic rings. The summed E-state index contributed by atoms with van der Waals surface area (Å²) in [6, 6.07) is 0.0500. The molecule has 0 spiro atoms. The van der Waals surface area contributed by atoms with Crippen molar-refractivity contribution in [2.75, 3.05) is 19.7 Å². The first-order valence-corrected chi connectivity index (χ1v) is 5.39. The van der Waals surface area contributed by atoms with Crippen molar-refractivity contribution in [3.05, 3.63) is 0 Å². The Morgan fingerprint density at radius 3 is 2.53 bits per heavy atom. The summed E-state index contributed by atoms with van der Waals surface area (Å²) in [4.78, 5) is 24.4. The van der Waals surface area contributed by atoms with Crippen molar-refractivity contribution >= 4 is 12.0 Å². The molecule has 0 bridgehead atoms. The van der Waals surface area contributed by atoms with Gasteiger partial charge < -0.3 is 15.0 Å². The topological polar surface area (TPSA) is 58.6 Å². The predicted molar refractivity (Wildman–Crippen MR) is 55.4 cm³/mol. The van der Waals surface area contributed by atoms with Gasteiger partial charge in [0.25, 0.3) is 0 Å². The quantitative estimate of drug-likeness (QED) is 0.687. The van der Waals surface area contributed by atoms with Gasteiger partial charge in [-0.2, -0.15) is 0 Å². The lowest BCUT2D eigenvalue weighted by Gasteiger charge is -2.21. The number of ether oxygens (including phenoxy) is 1. The minimum absolute atomic E-state index is 0.0599. The number of urea groups is 1. The van der Waals surface area contributed by atoms with Crippen LogP contribution in [-0.2, 0) is 9.53 Å². The number of carbonyl (C=O) groups excluding carboxylic acids is 2. The Labute approximate surface area is 89.8 Å². The molecule has 0 radical (unpaired) electrons. The Bertz CT molecular complexity index is 239. The number of amides is 2. The van der Waals surface area contributed by atoms with Crippen LogP contribution in [0.5, 0.6) is 0 Å². The van der Waals surface area contributed by atoms with Crippen LogP contribution in [0.2, 0.25) is 0 Å². The molecular weight excluding hydrogens is 196 g/mol. The van der Waals surface area contributed by atoms with Gasteiger partial charge in [-0.05, 0) is 26.7 Å². The predicted octanol–water partition coefficient (Wildman–Crippen LogP) is 0.743. The van der Waals surface area contributed by atoms with Gasteiger partial charge in [0.1, 0.15) is 6.54 Å². The van der Waals surface area contributed by atoms with Gasteiger partial charge in [-0.3, -0.25) is 4.79 Å². The average Bonchev–Trinajstić information content (AvgIpc) is 2.98. The maximum absolute atomic E-state index is 11.6. The fourth-order valence-corrected chi connectivity index (χ4v) is 1.35. The lowest BCUT2D eigenvalue weighted by molar-refractivity contribution is -0.143. The fraction of sp³-hybridized carbons (Fsp3) is 0.800. The van der Waals surface area contributed by atoms with Crippen molar-refractivity contribution in [2.24, 2.45) is 0 Å². The van der Waals surface area contributed by atoms with E-state index in [4.69, 9.17) is 4.74 Å². The van der Waals surface area contributed by atoms with Crippen LogP contribution < -0.4 is 5.32 Å². The number of hydrogen-bond donors (Lipinski definition) is 1. The number of nitrogens with zero attached hydrogens (tertiary/aromatic N) is 1. The molecule has 15 heavy (non-hydrogen) atoms. The summed E-state index contributed by atoms with van der Waals surface area (Å²) in [7, 11) is 0. The third-order valence-electron chi connectivity index (χ3n) is 2.18. The smallest absolute Gasteiger partial charge is 0.325 e. The molecule has 0 aromatic heterocycles. The Morgan fingerprint density at radius 1 is 1.40 bits per heavy atom. The van der Waals surface area contributed by atoms with Crippen molar-refractivity contribution in [3.8, 4) is 0 Å². The van der Waals surface area contributed by atoms with E-state index >= 15 is 0 Å². The highest BCUT2D eigenvalue weighted by atomic mass is 16.5. The highest BCUT2D eigenvalue weighted by molar-refractivity contribution is 5.81. The van der Waals surface area contributed by atoms with Gasteiger partial charge in [0.2, 0.25) is 0 Å². The summed E-state index contributed by atoms with van der Waals surface area (Å²) < 4.78 is 4.82. The zero-order valence-corrected chi connectivity index (χ0v) is 9.28. The van der Waals surface area contributed by atoms with Crippen LogP contribution >= 0.6 is 0 Å². The van der Waals surface area contributed by atoms with E-state index in [1.54, 1.807) is 11.8 Å². The summed E-state index contributed by atoms with van der Waals surface area (Å²) in [5.41, 5.74) is 0. The summed E-state index contributed by atoms with van der Waals surface area (Å²) >= 11 is 0. The molecule has 0 aliphatic heterocycles. The number of esters is 1. The Balaban J connectivity index is 2.43. The van der Waals surface area contributed by atoms with Gasteiger partial charge in [-0.15, -0.1) is 0 Å². The second-order valence-corrected chi connectivity index (χ2v) is 3.50. The van der Waals surface area contributed by atoms with E-state index < -0.39 is 0 Å². The fourth-order valence-electron chi connectivity index (χ4n) is 1.35. The molecule has 1 saturated carbocycles. The third kappa shape index (κ3) is 3.77. The summed E-state index contributed by atoms with van der Waals surface area (Å²) in [5, 5.41) is 2.69. The molecule has 5 heteroatoms. The minimum Gasteiger partial charge on any atom is -0.465 e. The zero-order chi connectivity index (χ0) is 11.3. The van der Waals surface area contributed by atoms with Crippen molar-refractivity contribution in [1.82, 2.24) is 10.2 Å². The molecule has 0 atom stereocenters. The second-order valence-electron chi connectivity index (χ2n) is 3.50. The standard InChI is InChI=1S/C10H18N2O3/c1-3-11-10(14)12(8-5-6-8)7-9(13)15-4-2/h8H,3-7H2,1-2H3,(H,11,14). The molecule has 1 N–H and O–H groups in total. The van der Waals surface area contributed by atoms with Gasteiger partial charge in [0, 0.05) is 12.6 Å². The molecule has 2 amide bonds. The van der Waals surface area contributed by atoms with Crippen LogP contribution in [0.3, 0.4) is 0 Å². The molecule has 0 saturated heterocycles. The van der Waals surface area contributed by atoms with Crippen molar-refractivity contribution in [2.45, 2.75) is 32.7 Å². The van der Waals surface area contributed by atoms with Crippen LogP contribution in [0.4, 0.5) is 4.79 Å². The van der Waals surface area contributed by atoms with Crippen molar-refractivity contribution < 1.29 is 14.3 Å². The van der Waals surface area contributed by atoms with E-state index in [-0.39, 0.29) is 24.6 Å². The van der Waals surface area contributed by atoms with Gasteiger partial charge in [-0.25, -0.2) is 4.79 Å². The third-order valence-corrected chi connectivity index (χ3v) is 2.18. The number of rotatable bonds is 5. The molecule has 0 aromatic carbocycles. The van der Waals surface area contributed by atoms with Crippen molar-refractivity contribution in [1.29, 1.82) is 0 Å². The Kier molecular flexibility index (Phi) is 4.39. The first kappa shape index (κ1) is 11.8. The van der Waals surface area contributed by atoms with E-state index in [1.165, 1.54) is 0 Å². The molecule has 1 aliphatic carbocycles. The van der Waals surface area contributed by atoms with Crippen LogP contribution in [0, 0.1) is 0 Å². The van der Waals surface area contributed by atoms with Gasteiger partial charge in [0.05, 0.1) is 6.61 Å². The normalized spacial score (nSPS) is 14.5. The first-order chi connectivity index (χ1) is 7.19. The minimum atomic E-state index is -0.337. The molecule has 0 unspecified atom stereocenters. The molecule has 1 aliphatic rings. The zero-order valence-electron chi connectivity index (χ0n) is 9.28. The van der Waals surface area contributed by atoms with E-state index in [2.05, 4.69) is 5.32 Å². The maximum Gasteiger partial charge on any atom is 0.325 e. The van der Waals surface area contributed by atoms with Crippen LogP contribution in [0.1, 0.15) is 26.7 Å². The molecular formula is C10H18N2O3. The van der Waals surface area contributed by atoms with E-state index in [0.717, 1.165) is 12.8 Å². The van der Waals surface area contributed by atoms with E-state index in [0.29, 0.717) is 13.2 Å². The SMILES string of the molecule is CCNC(=O)N(CC(=O)OCC)C1CC1. The monoisotopic (exact) mass is 214 g/mol. The Hall–Kier alpha value is -1.26. The van der Waals surface area contributed by atoms with Crippen LogP contribution in [0.25, 0.3) is 0 Å². The van der Waals surface area contributed by atoms with E-state index in [1.807, 2.05) is 6.92 Å². The van der Waals surface area contributed by atoms with Gasteiger partial charge in [0.15, 0.2) is 0 Å². The first-order valence-electron chi connectivity index (χ1n) is 5.39. The molecule has 1 fully saturated rings. The molecule has 0 heterocycles. The average molecular weight is 214 g/mol. The highest BCUT2D eigenvalue weighted by Gasteiger charge is 2.33. The summed E-state index contributed by atoms with van der Waals surface area (Å²) in [6.07, 6.45) is 1.97. The lowest BCUT2D eigenvalue weighted by atomic mass is 10.5. The molecule has 5 nitrogen and oxygen atoms in total. The summed E-state index contributed by atoms with van der Waals surface area (Å²) in [6.45, 7) is 4.60. The Morgan fingerprint density at radius 2 is 2.07 bits per heavy atom. The van der Waals surface area contributed by atoms with Crippen LogP contribution in [0.15, 0.2) is 0 Å².